The van der Waals surface area contributed by atoms with Gasteiger partial charge in [-0.05, 0) is 55.7 Å². The summed E-state index contributed by atoms with van der Waals surface area (Å²) in [6, 6.07) is 15.5. The molecule has 1 fully saturated rings. The summed E-state index contributed by atoms with van der Waals surface area (Å²) in [6.07, 6.45) is 3.11. The highest BCUT2D eigenvalue weighted by Gasteiger charge is 2.29. The summed E-state index contributed by atoms with van der Waals surface area (Å²) in [7, 11) is -2.02. The number of carbonyl (C=O) groups is 2. The van der Waals surface area contributed by atoms with Crippen LogP contribution in [0.25, 0.3) is 0 Å². The van der Waals surface area contributed by atoms with Crippen LogP contribution in [0, 0.1) is 6.92 Å². The molecule has 2 amide bonds. The fourth-order valence-corrected chi connectivity index (χ4v) is 5.47. The molecule has 0 atom stereocenters. The van der Waals surface area contributed by atoms with Crippen molar-refractivity contribution in [3.63, 3.8) is 0 Å². The maximum absolute atomic E-state index is 13.0. The van der Waals surface area contributed by atoms with Crippen LogP contribution in [-0.4, -0.2) is 42.2 Å². The van der Waals surface area contributed by atoms with Gasteiger partial charge in [0.25, 0.3) is 11.8 Å². The van der Waals surface area contributed by atoms with Gasteiger partial charge in [-0.2, -0.15) is 4.31 Å². The zero-order valence-electron chi connectivity index (χ0n) is 18.5. The smallest absolute Gasteiger partial charge is 0.272 e. The summed E-state index contributed by atoms with van der Waals surface area (Å²) in [4.78, 5) is 25.9. The van der Waals surface area contributed by atoms with Crippen molar-refractivity contribution in [1.29, 1.82) is 0 Å². The number of nitrogens with zero attached hydrogens (tertiary/aromatic N) is 2. The van der Waals surface area contributed by atoms with Gasteiger partial charge in [-0.3, -0.25) is 9.59 Å². The standard InChI is InChI=1S/C24H26N4O4S/c1-17-8-7-9-18(14-17)25-23(29)20-10-3-4-11-21(20)26-24(30)22-15-19(16-27(22)2)33(31,32)28-12-5-6-13-28/h3-4,7-11,14-16H,5-6,12-13H2,1-2H3,(H,25,29)(H,26,30). The molecule has 1 aromatic heterocycles. The molecular formula is C24H26N4O4S. The number of nitrogens with one attached hydrogen (secondary N) is 2. The SMILES string of the molecule is Cc1cccc(NC(=O)c2ccccc2NC(=O)c2cc(S(=O)(=O)N3CCCC3)cn2C)c1. The second kappa shape index (κ2) is 9.21. The number of aromatic nitrogens is 1. The lowest BCUT2D eigenvalue weighted by atomic mass is 10.1. The number of rotatable bonds is 6. The van der Waals surface area contributed by atoms with Gasteiger partial charge in [0.2, 0.25) is 10.0 Å². The molecule has 33 heavy (non-hydrogen) atoms. The van der Waals surface area contributed by atoms with Gasteiger partial charge in [0.1, 0.15) is 10.6 Å². The summed E-state index contributed by atoms with van der Waals surface area (Å²) in [5, 5.41) is 5.59. The highest BCUT2D eigenvalue weighted by Crippen LogP contribution is 2.24. The Hall–Kier alpha value is -3.43. The van der Waals surface area contributed by atoms with Crippen LogP contribution in [0.1, 0.15) is 39.3 Å². The van der Waals surface area contributed by atoms with Gasteiger partial charge in [0.05, 0.1) is 11.3 Å². The van der Waals surface area contributed by atoms with Gasteiger partial charge in [-0.15, -0.1) is 0 Å². The predicted molar refractivity (Wildman–Crippen MR) is 127 cm³/mol. The molecule has 1 aliphatic heterocycles. The van der Waals surface area contributed by atoms with Crippen LogP contribution in [0.4, 0.5) is 11.4 Å². The highest BCUT2D eigenvalue weighted by molar-refractivity contribution is 7.89. The van der Waals surface area contributed by atoms with E-state index in [2.05, 4.69) is 10.6 Å². The Labute approximate surface area is 193 Å². The number of sulfonamides is 1. The summed E-state index contributed by atoms with van der Waals surface area (Å²) < 4.78 is 28.6. The Morgan fingerprint density at radius 3 is 2.36 bits per heavy atom. The highest BCUT2D eigenvalue weighted by atomic mass is 32.2. The molecule has 0 aliphatic carbocycles. The van der Waals surface area contributed by atoms with Gasteiger partial charge in [-0.25, -0.2) is 8.42 Å². The number of para-hydroxylation sites is 1. The topological polar surface area (TPSA) is 101 Å². The third-order valence-corrected chi connectivity index (χ3v) is 7.48. The van der Waals surface area contributed by atoms with Crippen LogP contribution >= 0.6 is 0 Å². The summed E-state index contributed by atoms with van der Waals surface area (Å²) in [5.41, 5.74) is 2.48. The molecule has 9 heteroatoms. The molecule has 0 saturated carbocycles. The first kappa shape index (κ1) is 22.8. The summed E-state index contributed by atoms with van der Waals surface area (Å²) >= 11 is 0. The fourth-order valence-electron chi connectivity index (χ4n) is 3.88. The lowest BCUT2D eigenvalue weighted by Gasteiger charge is -2.13. The van der Waals surface area contributed by atoms with Crippen LogP contribution in [0.3, 0.4) is 0 Å². The first-order valence-electron chi connectivity index (χ1n) is 10.7. The lowest BCUT2D eigenvalue weighted by molar-refractivity contribution is 0.101. The molecule has 1 aliphatic rings. The third kappa shape index (κ3) is 4.84. The largest absolute Gasteiger partial charge is 0.345 e. The van der Waals surface area contributed by atoms with Crippen molar-refractivity contribution in [3.05, 3.63) is 77.6 Å². The van der Waals surface area contributed by atoms with Gasteiger partial charge in [0, 0.05) is 32.0 Å². The minimum Gasteiger partial charge on any atom is -0.345 e. The Balaban J connectivity index is 1.55. The second-order valence-corrected chi connectivity index (χ2v) is 10.0. The van der Waals surface area contributed by atoms with E-state index in [-0.39, 0.29) is 16.5 Å². The normalized spacial score (nSPS) is 14.2. The zero-order chi connectivity index (χ0) is 23.6. The van der Waals surface area contributed by atoms with E-state index in [4.69, 9.17) is 0 Å². The molecule has 2 aromatic carbocycles. The first-order valence-corrected chi connectivity index (χ1v) is 12.1. The zero-order valence-corrected chi connectivity index (χ0v) is 19.4. The lowest BCUT2D eigenvalue weighted by Crippen LogP contribution is -2.27. The fraction of sp³-hybridized carbons (Fsp3) is 0.250. The minimum atomic E-state index is -3.64. The van der Waals surface area contributed by atoms with Gasteiger partial charge in [0.15, 0.2) is 0 Å². The van der Waals surface area contributed by atoms with E-state index in [1.54, 1.807) is 37.4 Å². The van der Waals surface area contributed by atoms with Crippen LogP contribution in [0.2, 0.25) is 0 Å². The Bertz CT molecular complexity index is 1310. The number of benzene rings is 2. The third-order valence-electron chi connectivity index (χ3n) is 5.61. The van der Waals surface area contributed by atoms with Crippen molar-refractivity contribution in [3.8, 4) is 0 Å². The number of anilines is 2. The van der Waals surface area contributed by atoms with E-state index in [1.807, 2.05) is 25.1 Å². The first-order chi connectivity index (χ1) is 15.8. The number of hydrogen-bond acceptors (Lipinski definition) is 4. The number of amides is 2. The quantitative estimate of drug-likeness (QED) is 0.579. The molecule has 0 spiro atoms. The molecule has 0 unspecified atom stereocenters. The monoisotopic (exact) mass is 466 g/mol. The van der Waals surface area contributed by atoms with E-state index in [1.165, 1.54) is 21.1 Å². The van der Waals surface area contributed by atoms with Crippen molar-refractivity contribution in [2.24, 2.45) is 7.05 Å². The van der Waals surface area contributed by atoms with E-state index in [0.717, 1.165) is 18.4 Å². The van der Waals surface area contributed by atoms with Gasteiger partial charge < -0.3 is 15.2 Å². The molecule has 0 radical (unpaired) electrons. The van der Waals surface area contributed by atoms with Crippen molar-refractivity contribution < 1.29 is 18.0 Å². The van der Waals surface area contributed by atoms with Crippen LogP contribution in [-0.2, 0) is 17.1 Å². The number of carbonyl (C=O) groups excluding carboxylic acids is 2. The van der Waals surface area contributed by atoms with E-state index < -0.39 is 15.9 Å². The molecule has 2 N–H and O–H groups in total. The maximum atomic E-state index is 13.0. The van der Waals surface area contributed by atoms with Crippen LogP contribution in [0.15, 0.2) is 65.7 Å². The van der Waals surface area contributed by atoms with Crippen molar-refractivity contribution in [2.75, 3.05) is 23.7 Å². The van der Waals surface area contributed by atoms with Gasteiger partial charge in [-0.1, -0.05) is 24.3 Å². The molecule has 0 bridgehead atoms. The number of hydrogen-bond donors (Lipinski definition) is 2. The van der Waals surface area contributed by atoms with Crippen molar-refractivity contribution >= 4 is 33.2 Å². The van der Waals surface area contributed by atoms with E-state index in [9.17, 15) is 18.0 Å². The van der Waals surface area contributed by atoms with Crippen molar-refractivity contribution in [2.45, 2.75) is 24.7 Å². The predicted octanol–water partition coefficient (Wildman–Crippen LogP) is 3.62. The Kier molecular flexibility index (Phi) is 6.35. The molecular weight excluding hydrogens is 440 g/mol. The molecule has 2 heterocycles. The van der Waals surface area contributed by atoms with E-state index >= 15 is 0 Å². The summed E-state index contributed by atoms with van der Waals surface area (Å²) in [5.74, 6) is -0.864. The molecule has 1 saturated heterocycles. The average Bonchev–Trinajstić information content (AvgIpc) is 3.45. The Morgan fingerprint density at radius 2 is 1.64 bits per heavy atom. The Morgan fingerprint density at radius 1 is 0.909 bits per heavy atom. The van der Waals surface area contributed by atoms with Crippen LogP contribution in [0.5, 0.6) is 0 Å². The average molecular weight is 467 g/mol. The molecule has 4 rings (SSSR count). The molecule has 3 aromatic rings. The minimum absolute atomic E-state index is 0.0857. The maximum Gasteiger partial charge on any atom is 0.272 e. The van der Waals surface area contributed by atoms with Crippen molar-refractivity contribution in [1.82, 2.24) is 8.87 Å². The molecule has 172 valence electrons. The summed E-state index contributed by atoms with van der Waals surface area (Å²) in [6.45, 7) is 2.91. The molecule has 8 nitrogen and oxygen atoms in total. The van der Waals surface area contributed by atoms with Crippen LogP contribution < -0.4 is 10.6 Å². The van der Waals surface area contributed by atoms with Gasteiger partial charge >= 0.3 is 0 Å². The number of aryl methyl sites for hydroxylation is 2. The van der Waals surface area contributed by atoms with E-state index in [0.29, 0.717) is 30.0 Å². The second-order valence-electron chi connectivity index (χ2n) is 8.11.